The van der Waals surface area contributed by atoms with Gasteiger partial charge in [-0.05, 0) is 0 Å². The van der Waals surface area contributed by atoms with Crippen molar-refractivity contribution in [3.63, 3.8) is 0 Å². The Hall–Kier alpha value is 0.269. The number of hydrogen-bond acceptors (Lipinski definition) is 11. The third-order valence-corrected chi connectivity index (χ3v) is 9.40. The maximum absolute atomic E-state index is 9.86. The van der Waals surface area contributed by atoms with Crippen molar-refractivity contribution in [1.29, 1.82) is 0 Å². The Morgan fingerprint density at radius 2 is 1.50 bits per heavy atom. The molecule has 0 radical (unpaired) electrons. The van der Waals surface area contributed by atoms with Crippen LogP contribution in [0.4, 0.5) is 0 Å². The monoisotopic (exact) mass is 443 g/mol. The van der Waals surface area contributed by atoms with E-state index in [0.717, 1.165) is 0 Å². The average molecular weight is 442 g/mol. The second-order valence-corrected chi connectivity index (χ2v) is 10.5. The van der Waals surface area contributed by atoms with Crippen LogP contribution in [0.15, 0.2) is 0 Å². The maximum atomic E-state index is 9.86. The van der Waals surface area contributed by atoms with Crippen molar-refractivity contribution in [2.75, 3.05) is 13.2 Å². The Balaban J connectivity index is 0.00000118. The summed E-state index contributed by atoms with van der Waals surface area (Å²) < 4.78 is 25.3. The minimum atomic E-state index is -3.11. The van der Waals surface area contributed by atoms with E-state index >= 15 is 0 Å². The van der Waals surface area contributed by atoms with E-state index in [1.165, 1.54) is 0 Å². The SMILES string of the molecule is O=S([O-])[O-].OC[C@@H]1[C@@H](O)[C@H](O)C[Se+]1C[C@@H](O)[C@@H](O)[C@H](O)[C@@H](O)CO. The van der Waals surface area contributed by atoms with Crippen LogP contribution in [0.25, 0.3) is 0 Å². The second kappa shape index (κ2) is 11.8. The Kier molecular flexibility index (Phi) is 11.9. The van der Waals surface area contributed by atoms with Gasteiger partial charge in [-0.3, -0.25) is 4.21 Å². The molecule has 11 nitrogen and oxygen atoms in total. The molecule has 0 aromatic rings. The summed E-state index contributed by atoms with van der Waals surface area (Å²) >= 11 is -4.88. The Morgan fingerprint density at radius 1 is 1.04 bits per heavy atom. The van der Waals surface area contributed by atoms with Crippen LogP contribution in [0.2, 0.25) is 15.5 Å². The van der Waals surface area contributed by atoms with Crippen molar-refractivity contribution >= 4 is 25.3 Å². The summed E-state index contributed by atoms with van der Waals surface area (Å²) in [5, 5.41) is 75.7. The first-order valence-electron chi connectivity index (χ1n) is 6.79. The van der Waals surface area contributed by atoms with Gasteiger partial charge in [-0.15, -0.1) is 11.4 Å². The van der Waals surface area contributed by atoms with E-state index in [1.54, 1.807) is 0 Å². The molecule has 1 fully saturated rings. The van der Waals surface area contributed by atoms with Gasteiger partial charge in [0.15, 0.2) is 0 Å². The average Bonchev–Trinajstić information content (AvgIpc) is 2.78. The molecule has 1 aliphatic heterocycles. The van der Waals surface area contributed by atoms with Crippen molar-refractivity contribution in [2.24, 2.45) is 0 Å². The molecule has 0 saturated carbocycles. The zero-order valence-corrected chi connectivity index (χ0v) is 15.0. The van der Waals surface area contributed by atoms with Crippen LogP contribution in [0, 0.1) is 0 Å². The van der Waals surface area contributed by atoms with Gasteiger partial charge >= 0.3 is 120 Å². The van der Waals surface area contributed by atoms with E-state index in [2.05, 4.69) is 0 Å². The summed E-state index contributed by atoms with van der Waals surface area (Å²) in [6.07, 6.45) is -8.24. The third kappa shape index (κ3) is 7.66. The number of aliphatic hydroxyl groups excluding tert-OH is 8. The van der Waals surface area contributed by atoms with Gasteiger partial charge < -0.3 is 9.11 Å². The van der Waals surface area contributed by atoms with E-state index < -0.39 is 73.3 Å². The fourth-order valence-electron chi connectivity index (χ4n) is 2.17. The Morgan fingerprint density at radius 3 is 1.92 bits per heavy atom. The molecule has 0 aromatic heterocycles. The van der Waals surface area contributed by atoms with Crippen molar-refractivity contribution in [3.05, 3.63) is 0 Å². The van der Waals surface area contributed by atoms with Crippen molar-refractivity contribution < 1.29 is 54.2 Å². The molecule has 0 aromatic carbocycles. The van der Waals surface area contributed by atoms with E-state index in [0.29, 0.717) is 0 Å². The van der Waals surface area contributed by atoms with Gasteiger partial charge in [-0.2, -0.15) is 0 Å². The molecule has 8 atom stereocenters. The second-order valence-electron chi connectivity index (χ2n) is 5.15. The molecule has 8 N–H and O–H groups in total. The molecule has 0 spiro atoms. The third-order valence-electron chi connectivity index (χ3n) is 3.48. The molecule has 1 heterocycles. The summed E-state index contributed by atoms with van der Waals surface area (Å²) in [4.78, 5) is -0.494. The van der Waals surface area contributed by atoms with Gasteiger partial charge in [0, 0.05) is 0 Å². The summed E-state index contributed by atoms with van der Waals surface area (Å²) in [7, 11) is 0. The molecule has 1 unspecified atom stereocenters. The van der Waals surface area contributed by atoms with Crippen molar-refractivity contribution in [3.8, 4) is 0 Å². The number of rotatable bonds is 7. The topological polar surface area (TPSA) is 225 Å². The van der Waals surface area contributed by atoms with Crippen molar-refractivity contribution in [1.82, 2.24) is 0 Å². The summed E-state index contributed by atoms with van der Waals surface area (Å²) in [6.45, 7) is -1.06. The first kappa shape index (κ1) is 24.3. The van der Waals surface area contributed by atoms with Gasteiger partial charge in [0.2, 0.25) is 0 Å². The normalized spacial score (nSPS) is 32.0. The summed E-state index contributed by atoms with van der Waals surface area (Å²) in [6, 6.07) is 0. The standard InChI is InChI=1S/C11H23O8Se.H2O3S/c12-1-5(14)10(18)11(19)7(16)4-20-3-6(15)9(17)8(20)2-13;1-4(2)3/h5-19H,1-4H2;(H2,1,2,3)/q+1;/p-2/t5-,6+,7+,8+,9-,10+,11+,20?;/m0./s1. The first-order chi connectivity index (χ1) is 11.1. The first-order valence-corrected chi connectivity index (χ1v) is 11.2. The van der Waals surface area contributed by atoms with Crippen LogP contribution in [0.5, 0.6) is 0 Å². The van der Waals surface area contributed by atoms with Gasteiger partial charge in [0.25, 0.3) is 0 Å². The van der Waals surface area contributed by atoms with E-state index in [-0.39, 0.29) is 17.2 Å². The van der Waals surface area contributed by atoms with Crippen LogP contribution >= 0.6 is 0 Å². The van der Waals surface area contributed by atoms with Gasteiger partial charge in [-0.25, -0.2) is 0 Å². The Labute approximate surface area is 145 Å². The molecule has 0 aliphatic carbocycles. The summed E-state index contributed by atoms with van der Waals surface area (Å²) in [5.74, 6) is 0. The van der Waals surface area contributed by atoms with Crippen LogP contribution in [0.3, 0.4) is 0 Å². The van der Waals surface area contributed by atoms with E-state index in [9.17, 15) is 35.7 Å². The number of aliphatic hydroxyl groups is 8. The summed E-state index contributed by atoms with van der Waals surface area (Å²) in [5.41, 5.74) is 0. The van der Waals surface area contributed by atoms with Crippen LogP contribution in [0.1, 0.15) is 0 Å². The zero-order valence-electron chi connectivity index (χ0n) is 12.5. The molecule has 1 rings (SSSR count). The molecule has 0 bridgehead atoms. The molecule has 24 heavy (non-hydrogen) atoms. The molecule has 1 saturated heterocycles. The molecular weight excluding hydrogens is 419 g/mol. The van der Waals surface area contributed by atoms with Gasteiger partial charge in [0.1, 0.15) is 0 Å². The number of hydrogen-bond donors (Lipinski definition) is 8. The fourth-order valence-corrected chi connectivity index (χ4v) is 7.81. The van der Waals surface area contributed by atoms with Gasteiger partial charge in [-0.1, -0.05) is 0 Å². The van der Waals surface area contributed by atoms with Gasteiger partial charge in [0.05, 0.1) is 0 Å². The molecule has 1 aliphatic rings. The van der Waals surface area contributed by atoms with E-state index in [4.69, 9.17) is 18.4 Å². The minimum absolute atomic E-state index is 0.0652. The predicted molar refractivity (Wildman–Crippen MR) is 79.0 cm³/mol. The molecule has 0 amide bonds. The van der Waals surface area contributed by atoms with Crippen LogP contribution < -0.4 is 0 Å². The molecular formula is C11H23O11SSe-. The van der Waals surface area contributed by atoms with Crippen molar-refractivity contribution in [2.45, 2.75) is 52.1 Å². The van der Waals surface area contributed by atoms with E-state index in [1.807, 2.05) is 0 Å². The van der Waals surface area contributed by atoms with Crippen LogP contribution in [-0.4, -0.2) is 118 Å². The predicted octanol–water partition coefficient (Wildman–Crippen LogP) is -4.99. The quantitative estimate of drug-likeness (QED) is 0.138. The zero-order chi connectivity index (χ0) is 19.0. The van der Waals surface area contributed by atoms with Crippen LogP contribution in [-0.2, 0) is 11.4 Å². The molecule has 146 valence electrons. The molecule has 13 heteroatoms. The fraction of sp³-hybridized carbons (Fsp3) is 1.00. The Bertz CT molecular complexity index is 372.